The maximum Gasteiger partial charge on any atom is 0.331 e. The van der Waals surface area contributed by atoms with Crippen molar-refractivity contribution in [2.75, 3.05) is 11.9 Å². The van der Waals surface area contributed by atoms with Crippen molar-refractivity contribution in [1.82, 2.24) is 4.98 Å². The zero-order chi connectivity index (χ0) is 19.8. The smallest absolute Gasteiger partial charge is 0.331 e. The number of benzene rings is 1. The minimum atomic E-state index is -1.04. The van der Waals surface area contributed by atoms with Crippen molar-refractivity contribution in [1.29, 1.82) is 0 Å². The average molecular weight is 409 g/mol. The molecular weight excluding hydrogens is 391 g/mol. The lowest BCUT2D eigenvalue weighted by molar-refractivity contribution is -0.148. The molecule has 0 fully saturated rings. The highest BCUT2D eigenvalue weighted by Gasteiger charge is 2.18. The monoisotopic (exact) mass is 408 g/mol. The minimum Gasteiger partial charge on any atom is -0.493 e. The molecule has 0 unspecified atom stereocenters. The number of hydrogen-bond acceptors (Lipinski definition) is 5. The highest BCUT2D eigenvalue weighted by molar-refractivity contribution is 6.36. The normalized spacial score (nSPS) is 11.9. The van der Waals surface area contributed by atoms with E-state index in [1.807, 2.05) is 19.1 Å². The van der Waals surface area contributed by atoms with E-state index in [1.54, 1.807) is 18.2 Å². The molecule has 0 bridgehead atoms. The van der Waals surface area contributed by atoms with Crippen LogP contribution in [-0.4, -0.2) is 29.6 Å². The van der Waals surface area contributed by atoms with Gasteiger partial charge in [0.2, 0.25) is 0 Å². The Morgan fingerprint density at radius 3 is 2.74 bits per heavy atom. The third-order valence-corrected chi connectivity index (χ3v) is 3.82. The summed E-state index contributed by atoms with van der Waals surface area (Å²) in [6, 6.07) is 8.71. The quantitative estimate of drug-likeness (QED) is 0.543. The van der Waals surface area contributed by atoms with Crippen molar-refractivity contribution in [3.63, 3.8) is 0 Å². The van der Waals surface area contributed by atoms with Crippen LogP contribution >= 0.6 is 23.2 Å². The summed E-state index contributed by atoms with van der Waals surface area (Å²) in [5.41, 5.74) is 0.727. The third-order valence-electron chi connectivity index (χ3n) is 3.33. The van der Waals surface area contributed by atoms with Crippen LogP contribution in [0.2, 0.25) is 10.0 Å². The molecule has 6 nitrogen and oxygen atoms in total. The molecule has 142 valence electrons. The van der Waals surface area contributed by atoms with Gasteiger partial charge in [0.15, 0.2) is 11.9 Å². The van der Waals surface area contributed by atoms with Gasteiger partial charge in [-0.2, -0.15) is 0 Å². The highest BCUT2D eigenvalue weighted by Crippen LogP contribution is 2.23. The van der Waals surface area contributed by atoms with Crippen molar-refractivity contribution in [2.24, 2.45) is 0 Å². The molecule has 1 heterocycles. The number of halogens is 2. The topological polar surface area (TPSA) is 77.5 Å². The minimum absolute atomic E-state index is 0.134. The number of nitrogens with one attached hydrogen (secondary N) is 1. The van der Waals surface area contributed by atoms with Crippen LogP contribution < -0.4 is 10.1 Å². The maximum absolute atomic E-state index is 12.1. The molecule has 0 saturated heterocycles. The number of hydrogen-bond donors (Lipinski definition) is 1. The molecule has 1 aromatic carbocycles. The van der Waals surface area contributed by atoms with Gasteiger partial charge in [-0.15, -0.1) is 0 Å². The molecule has 0 radical (unpaired) electrons. The summed E-state index contributed by atoms with van der Waals surface area (Å²) in [4.78, 5) is 28.0. The number of anilines is 1. The Morgan fingerprint density at radius 1 is 1.30 bits per heavy atom. The van der Waals surface area contributed by atoms with Crippen LogP contribution in [0, 0.1) is 0 Å². The van der Waals surface area contributed by atoms with E-state index >= 15 is 0 Å². The zero-order valence-corrected chi connectivity index (χ0v) is 16.3. The molecule has 1 amide bonds. The second-order valence-corrected chi connectivity index (χ2v) is 6.20. The number of pyridine rings is 1. The van der Waals surface area contributed by atoms with Crippen molar-refractivity contribution in [2.45, 2.75) is 20.0 Å². The number of aromatic nitrogens is 1. The van der Waals surface area contributed by atoms with Gasteiger partial charge >= 0.3 is 5.97 Å². The van der Waals surface area contributed by atoms with E-state index < -0.39 is 18.0 Å². The number of para-hydroxylation sites is 1. The summed E-state index contributed by atoms with van der Waals surface area (Å²) in [5.74, 6) is -0.448. The Kier molecular flexibility index (Phi) is 7.64. The summed E-state index contributed by atoms with van der Waals surface area (Å²) in [7, 11) is 0. The van der Waals surface area contributed by atoms with Crippen molar-refractivity contribution in [3.8, 4) is 5.75 Å². The van der Waals surface area contributed by atoms with E-state index in [4.69, 9.17) is 32.7 Å². The van der Waals surface area contributed by atoms with Crippen LogP contribution in [0.25, 0.3) is 6.08 Å². The molecule has 27 heavy (non-hydrogen) atoms. The van der Waals surface area contributed by atoms with Crippen molar-refractivity contribution >= 4 is 47.0 Å². The third kappa shape index (κ3) is 6.27. The zero-order valence-electron chi connectivity index (χ0n) is 14.7. The van der Waals surface area contributed by atoms with Gasteiger partial charge in [-0.25, -0.2) is 9.78 Å². The van der Waals surface area contributed by atoms with Gasteiger partial charge in [0.1, 0.15) is 5.75 Å². The van der Waals surface area contributed by atoms with E-state index in [1.165, 1.54) is 25.3 Å². The Bertz CT molecular complexity index is 855. The summed E-state index contributed by atoms with van der Waals surface area (Å²) < 4.78 is 10.6. The van der Waals surface area contributed by atoms with Crippen LogP contribution in [0.4, 0.5) is 5.82 Å². The summed E-state index contributed by atoms with van der Waals surface area (Å²) >= 11 is 11.7. The Morgan fingerprint density at radius 2 is 2.04 bits per heavy atom. The summed E-state index contributed by atoms with van der Waals surface area (Å²) in [6.07, 6.45) is 3.10. The van der Waals surface area contributed by atoms with Crippen LogP contribution in [-0.2, 0) is 14.3 Å². The summed E-state index contributed by atoms with van der Waals surface area (Å²) in [5, 5.41) is 3.01. The molecule has 1 aromatic heterocycles. The first-order valence-electron chi connectivity index (χ1n) is 8.13. The first-order valence-corrected chi connectivity index (χ1v) is 8.88. The van der Waals surface area contributed by atoms with Gasteiger partial charge in [-0.05, 0) is 32.1 Å². The van der Waals surface area contributed by atoms with Crippen molar-refractivity contribution in [3.05, 3.63) is 58.2 Å². The lowest BCUT2D eigenvalue weighted by Gasteiger charge is -2.12. The lowest BCUT2D eigenvalue weighted by atomic mass is 10.2. The molecule has 2 rings (SSSR count). The second kappa shape index (κ2) is 9.94. The molecule has 0 spiro atoms. The number of esters is 1. The predicted molar refractivity (Wildman–Crippen MR) is 105 cm³/mol. The highest BCUT2D eigenvalue weighted by atomic mass is 35.5. The first-order chi connectivity index (χ1) is 12.9. The fourth-order valence-electron chi connectivity index (χ4n) is 2.05. The summed E-state index contributed by atoms with van der Waals surface area (Å²) in [6.45, 7) is 3.82. The number of nitrogens with zero attached hydrogens (tertiary/aromatic N) is 1. The molecule has 1 atom stereocenters. The Labute approximate surface area is 167 Å². The van der Waals surface area contributed by atoms with Gasteiger partial charge < -0.3 is 14.8 Å². The molecule has 0 aliphatic rings. The standard InChI is InChI=1S/C19H18Cl2N2O4/c1-3-26-16-7-5-4-6-13(16)8-9-17(24)27-12(2)19(25)23-18-15(21)10-14(20)11-22-18/h4-12H,3H2,1-2H3,(H,22,23,25)/b9-8+/t12-/m0/s1. The average Bonchev–Trinajstić information content (AvgIpc) is 2.63. The first kappa shape index (κ1) is 20.7. The van der Waals surface area contributed by atoms with E-state index in [0.717, 1.165) is 5.56 Å². The fraction of sp³-hybridized carbons (Fsp3) is 0.211. The second-order valence-electron chi connectivity index (χ2n) is 5.36. The van der Waals surface area contributed by atoms with Gasteiger partial charge in [0.05, 0.1) is 16.7 Å². The molecule has 0 saturated carbocycles. The van der Waals surface area contributed by atoms with Crippen molar-refractivity contribution < 1.29 is 19.1 Å². The largest absolute Gasteiger partial charge is 0.493 e. The Balaban J connectivity index is 1.95. The number of ether oxygens (including phenoxy) is 2. The molecule has 1 N–H and O–H groups in total. The molecule has 8 heteroatoms. The Hall–Kier alpha value is -2.57. The maximum atomic E-state index is 12.1. The van der Waals surface area contributed by atoms with E-state index in [0.29, 0.717) is 17.4 Å². The number of amides is 1. The molecule has 0 aliphatic heterocycles. The van der Waals surface area contributed by atoms with Gasteiger partial charge in [0.25, 0.3) is 5.91 Å². The molecular formula is C19H18Cl2N2O4. The SMILES string of the molecule is CCOc1ccccc1/C=C/C(=O)O[C@@H](C)C(=O)Nc1ncc(Cl)cc1Cl. The van der Waals surface area contributed by atoms with E-state index in [2.05, 4.69) is 10.3 Å². The lowest BCUT2D eigenvalue weighted by Crippen LogP contribution is -2.29. The molecule has 0 aliphatic carbocycles. The number of carbonyl (C=O) groups excluding carboxylic acids is 2. The van der Waals surface area contributed by atoms with Crippen LogP contribution in [0.5, 0.6) is 5.75 Å². The van der Waals surface area contributed by atoms with E-state index in [9.17, 15) is 9.59 Å². The fourth-order valence-corrected chi connectivity index (χ4v) is 2.48. The molecule has 2 aromatic rings. The number of carbonyl (C=O) groups is 2. The van der Waals surface area contributed by atoms with E-state index in [-0.39, 0.29) is 10.8 Å². The van der Waals surface area contributed by atoms with Crippen LogP contribution in [0.1, 0.15) is 19.4 Å². The van der Waals surface area contributed by atoms with Gasteiger partial charge in [0, 0.05) is 17.8 Å². The van der Waals surface area contributed by atoms with Gasteiger partial charge in [-0.1, -0.05) is 41.4 Å². The van der Waals surface area contributed by atoms with Crippen LogP contribution in [0.3, 0.4) is 0 Å². The number of rotatable bonds is 7. The predicted octanol–water partition coefficient (Wildman–Crippen LogP) is 4.37. The van der Waals surface area contributed by atoms with Gasteiger partial charge in [-0.3, -0.25) is 4.79 Å². The van der Waals surface area contributed by atoms with Crippen LogP contribution in [0.15, 0.2) is 42.6 Å².